The lowest BCUT2D eigenvalue weighted by Crippen LogP contribution is -2.50. The number of hydrogen-bond acceptors (Lipinski definition) is 3. The lowest BCUT2D eigenvalue weighted by atomic mass is 9.87. The smallest absolute Gasteiger partial charge is 0.272 e. The van der Waals surface area contributed by atoms with Crippen LogP contribution in [0.1, 0.15) is 23.3 Å². The third-order valence-corrected chi connectivity index (χ3v) is 3.20. The fourth-order valence-electron chi connectivity index (χ4n) is 2.17. The Morgan fingerprint density at radius 1 is 1.41 bits per heavy atom. The predicted molar refractivity (Wildman–Crippen MR) is 64.6 cm³/mol. The molecule has 1 aromatic heterocycles. The van der Waals surface area contributed by atoms with Gasteiger partial charge in [-0.1, -0.05) is 18.2 Å². The van der Waals surface area contributed by atoms with Crippen LogP contribution in [0.4, 0.5) is 0 Å². The predicted octanol–water partition coefficient (Wildman–Crippen LogP) is 0.782. The number of nitrogens with zero attached hydrogens (tertiary/aromatic N) is 1. The van der Waals surface area contributed by atoms with Gasteiger partial charge in [0.1, 0.15) is 0 Å². The summed E-state index contributed by atoms with van der Waals surface area (Å²) in [5.74, 6) is -0.126. The highest BCUT2D eigenvalue weighted by Gasteiger charge is 2.28. The summed E-state index contributed by atoms with van der Waals surface area (Å²) in [6.45, 7) is 0. The summed E-state index contributed by atoms with van der Waals surface area (Å²) in [7, 11) is 0. The number of rotatable bonds is 2. The molecular formula is C12H14N4O. The first-order chi connectivity index (χ1) is 8.24. The van der Waals surface area contributed by atoms with Crippen LogP contribution in [0.25, 0.3) is 10.9 Å². The van der Waals surface area contributed by atoms with Crippen LogP contribution in [0.3, 0.4) is 0 Å². The fraction of sp³-hybridized carbons (Fsp3) is 0.333. The zero-order valence-electron chi connectivity index (χ0n) is 9.31. The Hall–Kier alpha value is -1.88. The first-order valence-corrected chi connectivity index (χ1v) is 5.73. The first kappa shape index (κ1) is 10.3. The van der Waals surface area contributed by atoms with Gasteiger partial charge in [-0.2, -0.15) is 5.10 Å². The zero-order valence-corrected chi connectivity index (χ0v) is 9.31. The van der Waals surface area contributed by atoms with E-state index < -0.39 is 0 Å². The lowest BCUT2D eigenvalue weighted by molar-refractivity contribution is 0.0907. The molecule has 5 heteroatoms. The van der Waals surface area contributed by atoms with Crippen molar-refractivity contribution in [2.75, 3.05) is 0 Å². The topological polar surface area (TPSA) is 83.8 Å². The Balaban J connectivity index is 1.81. The molecule has 0 bridgehead atoms. The Kier molecular flexibility index (Phi) is 2.33. The molecule has 0 radical (unpaired) electrons. The molecule has 0 atom stereocenters. The van der Waals surface area contributed by atoms with Crippen molar-refractivity contribution >= 4 is 16.8 Å². The van der Waals surface area contributed by atoms with E-state index in [2.05, 4.69) is 15.5 Å². The number of carbonyl (C=O) groups is 1. The summed E-state index contributed by atoms with van der Waals surface area (Å²) in [5, 5.41) is 10.7. The third-order valence-electron chi connectivity index (χ3n) is 3.20. The minimum Gasteiger partial charge on any atom is -0.348 e. The normalized spacial score (nSPS) is 23.4. The molecule has 17 heavy (non-hydrogen) atoms. The van der Waals surface area contributed by atoms with Gasteiger partial charge in [-0.15, -0.1) is 0 Å². The number of aromatic nitrogens is 2. The summed E-state index contributed by atoms with van der Waals surface area (Å²) in [5.41, 5.74) is 7.02. The second kappa shape index (κ2) is 3.85. The van der Waals surface area contributed by atoms with Crippen molar-refractivity contribution in [1.29, 1.82) is 0 Å². The van der Waals surface area contributed by atoms with E-state index in [9.17, 15) is 4.79 Å². The van der Waals surface area contributed by atoms with Gasteiger partial charge >= 0.3 is 0 Å². The second-order valence-corrected chi connectivity index (χ2v) is 4.52. The van der Waals surface area contributed by atoms with E-state index in [1.165, 1.54) is 0 Å². The number of fused-ring (bicyclic) bond motifs is 1. The summed E-state index contributed by atoms with van der Waals surface area (Å²) in [4.78, 5) is 12.0. The molecule has 4 N–H and O–H groups in total. The van der Waals surface area contributed by atoms with Crippen molar-refractivity contribution in [1.82, 2.24) is 15.5 Å². The molecule has 1 aliphatic carbocycles. The average Bonchev–Trinajstić information content (AvgIpc) is 2.70. The number of nitrogens with one attached hydrogen (secondary N) is 2. The first-order valence-electron chi connectivity index (χ1n) is 5.73. The maximum absolute atomic E-state index is 12.0. The van der Waals surface area contributed by atoms with Gasteiger partial charge in [0, 0.05) is 17.5 Å². The Morgan fingerprint density at radius 2 is 2.18 bits per heavy atom. The summed E-state index contributed by atoms with van der Waals surface area (Å²) >= 11 is 0. The van der Waals surface area contributed by atoms with E-state index >= 15 is 0 Å². The highest BCUT2D eigenvalue weighted by molar-refractivity contribution is 6.04. The molecule has 1 amide bonds. The largest absolute Gasteiger partial charge is 0.348 e. The Morgan fingerprint density at radius 3 is 2.94 bits per heavy atom. The van der Waals surface area contributed by atoms with Crippen molar-refractivity contribution in [3.8, 4) is 0 Å². The van der Waals surface area contributed by atoms with Crippen molar-refractivity contribution in [2.45, 2.75) is 24.9 Å². The fourth-order valence-corrected chi connectivity index (χ4v) is 2.17. The summed E-state index contributed by atoms with van der Waals surface area (Å²) in [6, 6.07) is 8.03. The number of para-hydroxylation sites is 1. The number of benzene rings is 1. The lowest BCUT2D eigenvalue weighted by Gasteiger charge is -2.32. The van der Waals surface area contributed by atoms with Gasteiger partial charge in [-0.25, -0.2) is 0 Å². The van der Waals surface area contributed by atoms with Crippen LogP contribution in [0.2, 0.25) is 0 Å². The molecule has 1 heterocycles. The van der Waals surface area contributed by atoms with Crippen molar-refractivity contribution < 1.29 is 4.79 Å². The van der Waals surface area contributed by atoms with Gasteiger partial charge in [0.25, 0.3) is 5.91 Å². The Bertz CT molecular complexity index is 556. The molecule has 3 rings (SSSR count). The second-order valence-electron chi connectivity index (χ2n) is 4.52. The molecule has 0 spiro atoms. The molecule has 2 aromatic rings. The van der Waals surface area contributed by atoms with Gasteiger partial charge in [-0.3, -0.25) is 9.89 Å². The van der Waals surface area contributed by atoms with Gasteiger partial charge in [-0.05, 0) is 18.9 Å². The molecule has 88 valence electrons. The van der Waals surface area contributed by atoms with Crippen molar-refractivity contribution in [3.63, 3.8) is 0 Å². The maximum Gasteiger partial charge on any atom is 0.272 e. The molecule has 1 aliphatic rings. The van der Waals surface area contributed by atoms with Crippen LogP contribution in [0.5, 0.6) is 0 Å². The molecule has 5 nitrogen and oxygen atoms in total. The number of aromatic amines is 1. The summed E-state index contributed by atoms with van der Waals surface area (Å²) < 4.78 is 0. The van der Waals surface area contributed by atoms with Gasteiger partial charge < -0.3 is 11.1 Å². The molecular weight excluding hydrogens is 216 g/mol. The van der Waals surface area contributed by atoms with Crippen LogP contribution >= 0.6 is 0 Å². The van der Waals surface area contributed by atoms with E-state index in [-0.39, 0.29) is 18.0 Å². The van der Waals surface area contributed by atoms with E-state index in [0.29, 0.717) is 5.69 Å². The highest BCUT2D eigenvalue weighted by Crippen LogP contribution is 2.19. The van der Waals surface area contributed by atoms with E-state index in [1.807, 2.05) is 24.3 Å². The monoisotopic (exact) mass is 230 g/mol. The van der Waals surface area contributed by atoms with Crippen LogP contribution in [-0.4, -0.2) is 28.2 Å². The molecule has 0 saturated heterocycles. The molecule has 0 aliphatic heterocycles. The van der Waals surface area contributed by atoms with Crippen LogP contribution < -0.4 is 11.1 Å². The molecule has 1 aromatic carbocycles. The van der Waals surface area contributed by atoms with Crippen molar-refractivity contribution in [2.24, 2.45) is 5.73 Å². The van der Waals surface area contributed by atoms with Crippen molar-refractivity contribution in [3.05, 3.63) is 30.0 Å². The molecule has 1 fully saturated rings. The maximum atomic E-state index is 12.0. The minimum absolute atomic E-state index is 0.126. The third kappa shape index (κ3) is 1.78. The quantitative estimate of drug-likeness (QED) is 0.713. The van der Waals surface area contributed by atoms with E-state index in [1.54, 1.807) is 0 Å². The van der Waals surface area contributed by atoms with Crippen LogP contribution in [0, 0.1) is 0 Å². The number of carbonyl (C=O) groups excluding carboxylic acids is 1. The minimum atomic E-state index is -0.126. The Labute approximate surface area is 98.4 Å². The SMILES string of the molecule is NC1CC(NC(=O)c2n[nH]c3ccccc23)C1. The van der Waals surface area contributed by atoms with E-state index in [0.717, 1.165) is 23.7 Å². The van der Waals surface area contributed by atoms with Crippen LogP contribution in [0.15, 0.2) is 24.3 Å². The highest BCUT2D eigenvalue weighted by atomic mass is 16.2. The standard InChI is InChI=1S/C12H14N4O/c13-7-5-8(6-7)14-12(17)11-9-3-1-2-4-10(9)15-16-11/h1-4,7-8H,5-6,13H2,(H,14,17)(H,15,16). The van der Waals surface area contributed by atoms with Gasteiger partial charge in [0.05, 0.1) is 5.52 Å². The summed E-state index contributed by atoms with van der Waals surface area (Å²) in [6.07, 6.45) is 1.71. The number of amides is 1. The zero-order chi connectivity index (χ0) is 11.8. The van der Waals surface area contributed by atoms with Gasteiger partial charge in [0.15, 0.2) is 5.69 Å². The van der Waals surface area contributed by atoms with Crippen LogP contribution in [-0.2, 0) is 0 Å². The number of nitrogens with two attached hydrogens (primary N) is 1. The average molecular weight is 230 g/mol. The van der Waals surface area contributed by atoms with Gasteiger partial charge in [0.2, 0.25) is 0 Å². The number of H-pyrrole nitrogens is 1. The number of hydrogen-bond donors (Lipinski definition) is 3. The molecule has 1 saturated carbocycles. The molecule has 0 unspecified atom stereocenters. The van der Waals surface area contributed by atoms with E-state index in [4.69, 9.17) is 5.73 Å².